The van der Waals surface area contributed by atoms with Crippen LogP contribution in [0.5, 0.6) is 0 Å². The third kappa shape index (κ3) is 4.91. The highest BCUT2D eigenvalue weighted by Gasteiger charge is 2.19. The van der Waals surface area contributed by atoms with Crippen molar-refractivity contribution in [1.82, 2.24) is 9.88 Å². The molecule has 96 valence electrons. The van der Waals surface area contributed by atoms with Crippen LogP contribution in [-0.4, -0.2) is 37.1 Å². The number of aromatic nitrogens is 1. The number of nitrogen functional groups attached to an aromatic ring is 1. The SMILES string of the molecule is CN(C)CC(C)(C)CNc1ncc(Br)cc1N. The van der Waals surface area contributed by atoms with Crippen molar-refractivity contribution < 1.29 is 0 Å². The fraction of sp³-hybridized carbons (Fsp3) is 0.583. The topological polar surface area (TPSA) is 54.2 Å². The lowest BCUT2D eigenvalue weighted by molar-refractivity contribution is 0.254. The Hall–Kier alpha value is -0.810. The minimum Gasteiger partial charge on any atom is -0.396 e. The highest BCUT2D eigenvalue weighted by molar-refractivity contribution is 9.10. The van der Waals surface area contributed by atoms with E-state index < -0.39 is 0 Å². The van der Waals surface area contributed by atoms with Gasteiger partial charge in [0.05, 0.1) is 5.69 Å². The predicted octanol–water partition coefficient (Wildman–Crippen LogP) is 2.43. The number of anilines is 2. The molecule has 0 radical (unpaired) electrons. The van der Waals surface area contributed by atoms with Crippen molar-refractivity contribution in [2.75, 3.05) is 38.2 Å². The Bertz CT molecular complexity index is 377. The third-order valence-electron chi connectivity index (χ3n) is 2.36. The standard InChI is InChI=1S/C12H21BrN4/c1-12(2,8-17(3)4)7-16-11-10(14)5-9(13)6-15-11/h5-6H,7-8,14H2,1-4H3,(H,15,16). The number of hydrogen-bond donors (Lipinski definition) is 2. The Morgan fingerprint density at radius 3 is 2.65 bits per heavy atom. The number of halogens is 1. The zero-order chi connectivity index (χ0) is 13.1. The van der Waals surface area contributed by atoms with Crippen molar-refractivity contribution in [3.05, 3.63) is 16.7 Å². The molecule has 0 amide bonds. The molecule has 0 aromatic carbocycles. The minimum absolute atomic E-state index is 0.171. The molecule has 0 aliphatic heterocycles. The molecule has 0 saturated heterocycles. The van der Waals surface area contributed by atoms with Gasteiger partial charge in [-0.2, -0.15) is 0 Å². The lowest BCUT2D eigenvalue weighted by Gasteiger charge is -2.28. The lowest BCUT2D eigenvalue weighted by atomic mass is 9.93. The van der Waals surface area contributed by atoms with Crippen molar-refractivity contribution in [2.24, 2.45) is 5.41 Å². The van der Waals surface area contributed by atoms with Crippen LogP contribution in [0.4, 0.5) is 11.5 Å². The molecule has 1 aromatic heterocycles. The lowest BCUT2D eigenvalue weighted by Crippen LogP contribution is -2.34. The molecule has 1 rings (SSSR count). The quantitative estimate of drug-likeness (QED) is 0.877. The second-order valence-electron chi connectivity index (χ2n) is 5.35. The molecule has 0 saturated carbocycles. The van der Waals surface area contributed by atoms with Crippen LogP contribution in [0.3, 0.4) is 0 Å². The van der Waals surface area contributed by atoms with Gasteiger partial charge >= 0.3 is 0 Å². The maximum absolute atomic E-state index is 5.89. The van der Waals surface area contributed by atoms with Crippen LogP contribution in [0.25, 0.3) is 0 Å². The first-order chi connectivity index (χ1) is 7.80. The third-order valence-corrected chi connectivity index (χ3v) is 2.80. The van der Waals surface area contributed by atoms with Gasteiger partial charge in [-0.05, 0) is 41.5 Å². The summed E-state index contributed by atoms with van der Waals surface area (Å²) in [7, 11) is 4.15. The van der Waals surface area contributed by atoms with Crippen molar-refractivity contribution in [1.29, 1.82) is 0 Å². The maximum atomic E-state index is 5.89. The molecule has 0 spiro atoms. The fourth-order valence-electron chi connectivity index (χ4n) is 1.84. The van der Waals surface area contributed by atoms with Crippen LogP contribution in [-0.2, 0) is 0 Å². The van der Waals surface area contributed by atoms with E-state index in [1.54, 1.807) is 6.20 Å². The number of pyridine rings is 1. The molecule has 17 heavy (non-hydrogen) atoms. The number of hydrogen-bond acceptors (Lipinski definition) is 4. The van der Waals surface area contributed by atoms with Gasteiger partial charge in [0, 0.05) is 23.8 Å². The molecule has 0 atom stereocenters. The molecule has 4 nitrogen and oxygen atoms in total. The van der Waals surface area contributed by atoms with Crippen LogP contribution in [0.15, 0.2) is 16.7 Å². The second-order valence-corrected chi connectivity index (χ2v) is 6.26. The largest absolute Gasteiger partial charge is 0.396 e. The van der Waals surface area contributed by atoms with Crippen LogP contribution < -0.4 is 11.1 Å². The number of nitrogens with one attached hydrogen (secondary N) is 1. The van der Waals surface area contributed by atoms with Gasteiger partial charge in [-0.3, -0.25) is 0 Å². The van der Waals surface area contributed by atoms with Crippen LogP contribution in [0, 0.1) is 5.41 Å². The van der Waals surface area contributed by atoms with Gasteiger partial charge in [-0.15, -0.1) is 0 Å². The van der Waals surface area contributed by atoms with Crippen molar-refractivity contribution in [2.45, 2.75) is 13.8 Å². The predicted molar refractivity (Wildman–Crippen MR) is 77.2 cm³/mol. The van der Waals surface area contributed by atoms with Gasteiger partial charge in [0.15, 0.2) is 0 Å². The summed E-state index contributed by atoms with van der Waals surface area (Å²) in [4.78, 5) is 6.44. The molecule has 3 N–H and O–H groups in total. The van der Waals surface area contributed by atoms with Gasteiger partial charge in [0.25, 0.3) is 0 Å². The summed E-state index contributed by atoms with van der Waals surface area (Å²) in [6, 6.07) is 1.86. The van der Waals surface area contributed by atoms with E-state index >= 15 is 0 Å². The van der Waals surface area contributed by atoms with E-state index in [2.05, 4.69) is 59.1 Å². The van der Waals surface area contributed by atoms with E-state index in [1.807, 2.05) is 6.07 Å². The Balaban J connectivity index is 2.61. The summed E-state index contributed by atoms with van der Waals surface area (Å²) in [5, 5.41) is 3.30. The normalized spacial score (nSPS) is 11.9. The average molecular weight is 301 g/mol. The van der Waals surface area contributed by atoms with Gasteiger partial charge in [-0.1, -0.05) is 13.8 Å². The maximum Gasteiger partial charge on any atom is 0.149 e. The Labute approximate surface area is 112 Å². The van der Waals surface area contributed by atoms with Gasteiger partial charge in [-0.25, -0.2) is 4.98 Å². The summed E-state index contributed by atoms with van der Waals surface area (Å²) < 4.78 is 0.896. The van der Waals surface area contributed by atoms with E-state index in [-0.39, 0.29) is 5.41 Å². The fourth-order valence-corrected chi connectivity index (χ4v) is 2.19. The molecule has 1 aromatic rings. The summed E-state index contributed by atoms with van der Waals surface area (Å²) in [6.45, 7) is 6.28. The average Bonchev–Trinajstić information content (AvgIpc) is 2.14. The Kier molecular flexibility index (Phi) is 4.77. The Morgan fingerprint density at radius 2 is 2.12 bits per heavy atom. The zero-order valence-electron chi connectivity index (χ0n) is 10.9. The van der Waals surface area contributed by atoms with Crippen molar-refractivity contribution in [3.8, 4) is 0 Å². The number of nitrogens with two attached hydrogens (primary N) is 1. The molecule has 0 fully saturated rings. The number of nitrogens with zero attached hydrogens (tertiary/aromatic N) is 2. The smallest absolute Gasteiger partial charge is 0.149 e. The summed E-state index contributed by atoms with van der Waals surface area (Å²) >= 11 is 3.34. The molecular formula is C12H21BrN4. The van der Waals surface area contributed by atoms with E-state index in [9.17, 15) is 0 Å². The monoisotopic (exact) mass is 300 g/mol. The van der Waals surface area contributed by atoms with E-state index in [1.165, 1.54) is 0 Å². The summed E-state index contributed by atoms with van der Waals surface area (Å²) in [5.41, 5.74) is 6.72. The summed E-state index contributed by atoms with van der Waals surface area (Å²) in [6.07, 6.45) is 1.75. The molecular weight excluding hydrogens is 280 g/mol. The molecule has 0 aliphatic carbocycles. The molecule has 0 unspecified atom stereocenters. The van der Waals surface area contributed by atoms with Gasteiger partial charge in [0.1, 0.15) is 5.82 Å². The van der Waals surface area contributed by atoms with E-state index in [0.29, 0.717) is 5.69 Å². The number of rotatable bonds is 5. The van der Waals surface area contributed by atoms with Crippen LogP contribution >= 0.6 is 15.9 Å². The highest BCUT2D eigenvalue weighted by atomic mass is 79.9. The van der Waals surface area contributed by atoms with Crippen molar-refractivity contribution in [3.63, 3.8) is 0 Å². The van der Waals surface area contributed by atoms with Crippen LogP contribution in [0.1, 0.15) is 13.8 Å². The highest BCUT2D eigenvalue weighted by Crippen LogP contribution is 2.22. The zero-order valence-corrected chi connectivity index (χ0v) is 12.5. The molecule has 0 aliphatic rings. The van der Waals surface area contributed by atoms with Gasteiger partial charge < -0.3 is 16.0 Å². The molecule has 0 bridgehead atoms. The first-order valence-electron chi connectivity index (χ1n) is 5.60. The molecule has 1 heterocycles. The minimum atomic E-state index is 0.171. The van der Waals surface area contributed by atoms with Gasteiger partial charge in [0.2, 0.25) is 0 Å². The Morgan fingerprint density at radius 1 is 1.47 bits per heavy atom. The molecule has 5 heteroatoms. The first-order valence-corrected chi connectivity index (χ1v) is 6.39. The van der Waals surface area contributed by atoms with Crippen LogP contribution in [0.2, 0.25) is 0 Å². The summed E-state index contributed by atoms with van der Waals surface area (Å²) in [5.74, 6) is 0.750. The van der Waals surface area contributed by atoms with Crippen molar-refractivity contribution >= 4 is 27.4 Å². The van der Waals surface area contributed by atoms with E-state index in [4.69, 9.17) is 5.73 Å². The second kappa shape index (κ2) is 5.69. The first kappa shape index (κ1) is 14.3. The van der Waals surface area contributed by atoms with E-state index in [0.717, 1.165) is 23.4 Å².